The molecule has 1 aromatic heterocycles. The van der Waals surface area contributed by atoms with Gasteiger partial charge in [-0.25, -0.2) is 9.97 Å². The first-order valence-electron chi connectivity index (χ1n) is 10.5. The fourth-order valence-electron chi connectivity index (χ4n) is 5.34. The minimum Gasteiger partial charge on any atom is -0.332 e. The van der Waals surface area contributed by atoms with E-state index < -0.39 is 0 Å². The quantitative estimate of drug-likeness (QED) is 0.792. The van der Waals surface area contributed by atoms with E-state index in [1.165, 1.54) is 18.4 Å². The zero-order valence-electron chi connectivity index (χ0n) is 17.0. The number of rotatable bonds is 5. The largest absolute Gasteiger partial charge is 0.332 e. The molecule has 148 valence electrons. The van der Waals surface area contributed by atoms with Crippen molar-refractivity contribution in [2.75, 3.05) is 32.1 Å². The van der Waals surface area contributed by atoms with Gasteiger partial charge in [-0.15, -0.1) is 0 Å². The smallest absolute Gasteiger partial charge is 0.225 e. The molecular weight excluding hydrogens is 338 g/mol. The summed E-state index contributed by atoms with van der Waals surface area (Å²) in [5, 5.41) is 0. The molecule has 0 aromatic carbocycles. The molecule has 3 fully saturated rings. The highest BCUT2D eigenvalue weighted by Gasteiger charge is 2.40. The van der Waals surface area contributed by atoms with Crippen molar-refractivity contribution in [1.29, 1.82) is 0 Å². The van der Waals surface area contributed by atoms with E-state index in [1.54, 1.807) is 6.92 Å². The van der Waals surface area contributed by atoms with Gasteiger partial charge in [0.15, 0.2) is 0 Å². The zero-order valence-corrected chi connectivity index (χ0v) is 17.0. The van der Waals surface area contributed by atoms with E-state index in [0.717, 1.165) is 51.3 Å². The summed E-state index contributed by atoms with van der Waals surface area (Å²) in [6, 6.07) is 1.70. The van der Waals surface area contributed by atoms with Crippen molar-refractivity contribution < 1.29 is 4.79 Å². The Kier molecular flexibility index (Phi) is 5.46. The molecule has 3 aliphatic rings. The molecule has 4 rings (SSSR count). The Bertz CT molecular complexity index is 641. The van der Waals surface area contributed by atoms with Crippen LogP contribution in [0.4, 0.5) is 5.95 Å². The Hall–Kier alpha value is -1.53. The lowest BCUT2D eigenvalue weighted by molar-refractivity contribution is -0.122. The average molecular weight is 372 g/mol. The second-order valence-corrected chi connectivity index (χ2v) is 8.94. The number of likely N-dealkylation sites (N-methyl/N-ethyl adjacent to an activating group) is 1. The number of ketones is 1. The highest BCUT2D eigenvalue weighted by molar-refractivity contribution is 5.78. The summed E-state index contributed by atoms with van der Waals surface area (Å²) >= 11 is 0. The van der Waals surface area contributed by atoms with Crippen LogP contribution in [0.3, 0.4) is 0 Å². The molecule has 6 nitrogen and oxygen atoms in total. The minimum atomic E-state index is 0.288. The van der Waals surface area contributed by atoms with Gasteiger partial charge in [0.05, 0.1) is 0 Å². The van der Waals surface area contributed by atoms with Gasteiger partial charge in [-0.2, -0.15) is 0 Å². The summed E-state index contributed by atoms with van der Waals surface area (Å²) in [6.45, 7) is 4.85. The van der Waals surface area contributed by atoms with Crippen molar-refractivity contribution in [1.82, 2.24) is 19.8 Å². The summed E-state index contributed by atoms with van der Waals surface area (Å²) in [5.41, 5.74) is 1.18. The molecule has 1 aromatic rings. The molecule has 1 aliphatic carbocycles. The number of hydrogen-bond donors (Lipinski definition) is 0. The molecule has 2 saturated heterocycles. The average Bonchev–Trinajstić information content (AvgIpc) is 2.93. The van der Waals surface area contributed by atoms with E-state index in [-0.39, 0.29) is 5.92 Å². The van der Waals surface area contributed by atoms with Gasteiger partial charge in [0, 0.05) is 61.6 Å². The van der Waals surface area contributed by atoms with E-state index in [1.807, 2.05) is 12.4 Å². The van der Waals surface area contributed by atoms with Crippen LogP contribution in [0.25, 0.3) is 0 Å². The summed E-state index contributed by atoms with van der Waals surface area (Å²) in [5.74, 6) is 1.55. The number of anilines is 1. The lowest BCUT2D eigenvalue weighted by atomic mass is 9.83. The van der Waals surface area contributed by atoms with Crippen molar-refractivity contribution >= 4 is 11.7 Å². The number of fused-ring (bicyclic) bond motifs is 2. The van der Waals surface area contributed by atoms with E-state index in [4.69, 9.17) is 9.97 Å². The van der Waals surface area contributed by atoms with Crippen molar-refractivity contribution in [3.05, 3.63) is 18.0 Å². The number of Topliss-reactive ketones (excluding diaryl/α,β-unsaturated/α-hetero) is 1. The Balaban J connectivity index is 1.34. The Morgan fingerprint density at radius 2 is 1.67 bits per heavy atom. The first-order valence-corrected chi connectivity index (χ1v) is 10.5. The van der Waals surface area contributed by atoms with Gasteiger partial charge < -0.3 is 9.80 Å². The van der Waals surface area contributed by atoms with Crippen molar-refractivity contribution in [2.24, 2.45) is 5.92 Å². The van der Waals surface area contributed by atoms with Gasteiger partial charge in [-0.3, -0.25) is 9.69 Å². The summed E-state index contributed by atoms with van der Waals surface area (Å²) in [7, 11) is 4.40. The maximum Gasteiger partial charge on any atom is 0.225 e. The second kappa shape index (κ2) is 7.84. The number of carbonyl (C=O) groups is 1. The van der Waals surface area contributed by atoms with Gasteiger partial charge in [0.1, 0.15) is 5.78 Å². The van der Waals surface area contributed by atoms with Crippen LogP contribution in [0.1, 0.15) is 51.0 Å². The van der Waals surface area contributed by atoms with Crippen molar-refractivity contribution in [2.45, 2.75) is 70.1 Å². The third-order valence-corrected chi connectivity index (χ3v) is 6.91. The maximum absolute atomic E-state index is 11.6. The van der Waals surface area contributed by atoms with E-state index in [9.17, 15) is 4.79 Å². The SMILES string of the molecule is CC(=O)[C@H]1CC[C@H](N(C)Cc2cnc(N3C4CCC3CN(C)C4)nc2)CC1. The van der Waals surface area contributed by atoms with Crippen molar-refractivity contribution in [3.63, 3.8) is 0 Å². The molecule has 2 aliphatic heterocycles. The third-order valence-electron chi connectivity index (χ3n) is 6.91. The fraction of sp³-hybridized carbons (Fsp3) is 0.762. The predicted octanol–water partition coefficient (Wildman–Crippen LogP) is 2.34. The predicted molar refractivity (Wildman–Crippen MR) is 107 cm³/mol. The standard InChI is InChI=1S/C21H33N5O/c1-15(27)17-4-6-18(7-5-17)25(3)12-16-10-22-21(23-11-16)26-19-8-9-20(26)14-24(2)13-19/h10-11,17-20H,4-9,12-14H2,1-3H3/t17-,18-,19?,20?. The zero-order chi connectivity index (χ0) is 19.0. The van der Waals surface area contributed by atoms with Crippen LogP contribution in [0.15, 0.2) is 12.4 Å². The summed E-state index contributed by atoms with van der Waals surface area (Å²) < 4.78 is 0. The monoisotopic (exact) mass is 371 g/mol. The lowest BCUT2D eigenvalue weighted by Crippen LogP contribution is -2.53. The van der Waals surface area contributed by atoms with Crippen LogP contribution in [-0.2, 0) is 11.3 Å². The van der Waals surface area contributed by atoms with Crippen LogP contribution in [0.2, 0.25) is 0 Å². The molecular formula is C21H33N5O. The highest BCUT2D eigenvalue weighted by Crippen LogP contribution is 2.32. The molecule has 1 saturated carbocycles. The molecule has 3 heterocycles. The number of likely N-dealkylation sites (tertiary alicyclic amines) is 1. The first kappa shape index (κ1) is 18.8. The van der Waals surface area contributed by atoms with Crippen LogP contribution < -0.4 is 4.90 Å². The highest BCUT2D eigenvalue weighted by atomic mass is 16.1. The third kappa shape index (κ3) is 4.02. The number of aromatic nitrogens is 2. The molecule has 6 heteroatoms. The number of hydrogen-bond acceptors (Lipinski definition) is 6. The van der Waals surface area contributed by atoms with Gasteiger partial charge in [0.2, 0.25) is 5.95 Å². The Labute approximate surface area is 162 Å². The normalized spacial score (nSPS) is 31.5. The maximum atomic E-state index is 11.6. The first-order chi connectivity index (χ1) is 13.0. The lowest BCUT2D eigenvalue weighted by Gasteiger charge is -2.39. The summed E-state index contributed by atoms with van der Waals surface area (Å²) in [6.07, 6.45) is 10.8. The van der Waals surface area contributed by atoms with E-state index in [2.05, 4.69) is 28.8 Å². The van der Waals surface area contributed by atoms with Gasteiger partial charge in [-0.05, 0) is 59.5 Å². The van der Waals surface area contributed by atoms with Crippen LogP contribution in [0, 0.1) is 5.92 Å². The molecule has 2 bridgehead atoms. The fourth-order valence-corrected chi connectivity index (χ4v) is 5.34. The minimum absolute atomic E-state index is 0.288. The van der Waals surface area contributed by atoms with Gasteiger partial charge in [0.25, 0.3) is 0 Å². The molecule has 0 N–H and O–H groups in total. The van der Waals surface area contributed by atoms with Crippen LogP contribution in [-0.4, -0.2) is 70.9 Å². The van der Waals surface area contributed by atoms with Crippen LogP contribution in [0.5, 0.6) is 0 Å². The second-order valence-electron chi connectivity index (χ2n) is 8.94. The summed E-state index contributed by atoms with van der Waals surface area (Å²) in [4.78, 5) is 28.3. The molecule has 2 unspecified atom stereocenters. The van der Waals surface area contributed by atoms with Gasteiger partial charge in [-0.1, -0.05) is 0 Å². The van der Waals surface area contributed by atoms with E-state index >= 15 is 0 Å². The molecule has 0 spiro atoms. The van der Waals surface area contributed by atoms with Crippen LogP contribution >= 0.6 is 0 Å². The Morgan fingerprint density at radius 3 is 2.22 bits per heavy atom. The molecule has 0 radical (unpaired) electrons. The molecule has 2 atom stereocenters. The Morgan fingerprint density at radius 1 is 1.07 bits per heavy atom. The van der Waals surface area contributed by atoms with Crippen molar-refractivity contribution in [3.8, 4) is 0 Å². The number of carbonyl (C=O) groups excluding carboxylic acids is 1. The van der Waals surface area contributed by atoms with E-state index in [0.29, 0.717) is 23.9 Å². The number of nitrogens with zero attached hydrogens (tertiary/aromatic N) is 5. The molecule has 27 heavy (non-hydrogen) atoms. The molecule has 0 amide bonds. The van der Waals surface area contributed by atoms with Gasteiger partial charge >= 0.3 is 0 Å². The topological polar surface area (TPSA) is 52.6 Å². The number of piperazine rings is 1.